The highest BCUT2D eigenvalue weighted by molar-refractivity contribution is 5.28. The van der Waals surface area contributed by atoms with Gasteiger partial charge in [0.15, 0.2) is 0 Å². The quantitative estimate of drug-likeness (QED) is 0.841. The zero-order chi connectivity index (χ0) is 16.0. The highest BCUT2D eigenvalue weighted by Crippen LogP contribution is 2.24. The first-order chi connectivity index (χ1) is 9.73. The van der Waals surface area contributed by atoms with Gasteiger partial charge in [0.2, 0.25) is 0 Å². The van der Waals surface area contributed by atoms with Crippen LogP contribution in [0.2, 0.25) is 0 Å². The van der Waals surface area contributed by atoms with Crippen molar-refractivity contribution in [3.8, 4) is 5.75 Å². The third kappa shape index (κ3) is 6.33. The number of halogens is 3. The van der Waals surface area contributed by atoms with E-state index in [4.69, 9.17) is 4.74 Å². The van der Waals surface area contributed by atoms with Crippen molar-refractivity contribution in [2.75, 3.05) is 27.3 Å². The van der Waals surface area contributed by atoms with Crippen LogP contribution in [0.15, 0.2) is 24.3 Å². The molecule has 1 rings (SSSR count). The number of rotatable bonds is 7. The first-order valence-electron chi connectivity index (χ1n) is 6.46. The van der Waals surface area contributed by atoms with E-state index in [2.05, 4.69) is 4.74 Å². The van der Waals surface area contributed by atoms with Crippen molar-refractivity contribution in [3.05, 3.63) is 29.8 Å². The lowest BCUT2D eigenvalue weighted by atomic mass is 10.1. The molecule has 0 saturated heterocycles. The Kier molecular flexibility index (Phi) is 6.44. The highest BCUT2D eigenvalue weighted by Gasteiger charge is 2.31. The molecule has 0 fully saturated rings. The molecule has 0 unspecified atom stereocenters. The average molecular weight is 307 g/mol. The average Bonchev–Trinajstić information content (AvgIpc) is 2.37. The SMILES string of the molecule is COC[C@H](C)N(C)C[C@@H](O)c1ccc(OC(F)(F)F)cc1. The third-order valence-corrected chi connectivity index (χ3v) is 3.12. The molecule has 0 aliphatic carbocycles. The molecule has 0 aliphatic heterocycles. The van der Waals surface area contributed by atoms with E-state index in [0.29, 0.717) is 18.7 Å². The molecule has 1 aromatic rings. The van der Waals surface area contributed by atoms with Gasteiger partial charge in [-0.25, -0.2) is 0 Å². The van der Waals surface area contributed by atoms with E-state index < -0.39 is 12.5 Å². The monoisotopic (exact) mass is 307 g/mol. The maximum Gasteiger partial charge on any atom is 0.573 e. The standard InChI is InChI=1S/C14H20F3NO3/c1-10(9-20-3)18(2)8-13(19)11-4-6-12(7-5-11)21-14(15,16)17/h4-7,10,13,19H,8-9H2,1-3H3/t10-,13+/m0/s1. The van der Waals surface area contributed by atoms with Gasteiger partial charge in [-0.15, -0.1) is 13.2 Å². The van der Waals surface area contributed by atoms with E-state index in [9.17, 15) is 18.3 Å². The zero-order valence-corrected chi connectivity index (χ0v) is 12.2. The van der Waals surface area contributed by atoms with Crippen molar-refractivity contribution in [1.29, 1.82) is 0 Å². The second-order valence-electron chi connectivity index (χ2n) is 4.88. The van der Waals surface area contributed by atoms with E-state index in [-0.39, 0.29) is 11.8 Å². The van der Waals surface area contributed by atoms with E-state index in [1.807, 2.05) is 18.9 Å². The Morgan fingerprint density at radius 1 is 1.24 bits per heavy atom. The Morgan fingerprint density at radius 3 is 2.29 bits per heavy atom. The summed E-state index contributed by atoms with van der Waals surface area (Å²) in [4.78, 5) is 1.91. The largest absolute Gasteiger partial charge is 0.573 e. The lowest BCUT2D eigenvalue weighted by Gasteiger charge is -2.26. The summed E-state index contributed by atoms with van der Waals surface area (Å²) in [5, 5.41) is 10.1. The Hall–Kier alpha value is -1.31. The van der Waals surface area contributed by atoms with Gasteiger partial charge in [0.1, 0.15) is 5.75 Å². The molecule has 0 saturated carbocycles. The Balaban J connectivity index is 2.60. The van der Waals surface area contributed by atoms with E-state index in [1.165, 1.54) is 24.3 Å². The van der Waals surface area contributed by atoms with Crippen LogP contribution in [0.4, 0.5) is 13.2 Å². The number of methoxy groups -OCH3 is 1. The van der Waals surface area contributed by atoms with Crippen LogP contribution in [-0.2, 0) is 4.74 Å². The van der Waals surface area contributed by atoms with Gasteiger partial charge >= 0.3 is 6.36 Å². The molecule has 120 valence electrons. The summed E-state index contributed by atoms with van der Waals surface area (Å²) in [6.45, 7) is 2.84. The smallest absolute Gasteiger partial charge is 0.406 e. The van der Waals surface area contributed by atoms with Crippen molar-refractivity contribution in [1.82, 2.24) is 4.90 Å². The van der Waals surface area contributed by atoms with Gasteiger partial charge in [0, 0.05) is 19.7 Å². The van der Waals surface area contributed by atoms with Crippen molar-refractivity contribution in [2.24, 2.45) is 0 Å². The minimum absolute atomic E-state index is 0.123. The summed E-state index contributed by atoms with van der Waals surface area (Å²) in [5.41, 5.74) is 0.529. The van der Waals surface area contributed by atoms with Crippen LogP contribution in [0.1, 0.15) is 18.6 Å². The first-order valence-corrected chi connectivity index (χ1v) is 6.46. The van der Waals surface area contributed by atoms with Crippen LogP contribution in [0.5, 0.6) is 5.75 Å². The molecule has 0 radical (unpaired) electrons. The van der Waals surface area contributed by atoms with Gasteiger partial charge in [0.25, 0.3) is 0 Å². The molecule has 0 heterocycles. The second kappa shape index (κ2) is 7.63. The van der Waals surface area contributed by atoms with Gasteiger partial charge in [-0.2, -0.15) is 0 Å². The summed E-state index contributed by atoms with van der Waals surface area (Å²) < 4.78 is 44.9. The molecular weight excluding hydrogens is 287 g/mol. The molecule has 1 N–H and O–H groups in total. The van der Waals surface area contributed by atoms with E-state index in [0.717, 1.165) is 0 Å². The van der Waals surface area contributed by atoms with Crippen LogP contribution in [0.3, 0.4) is 0 Å². The molecule has 0 aliphatic rings. The normalized spacial score (nSPS) is 15.0. The number of hydrogen-bond acceptors (Lipinski definition) is 4. The molecular formula is C14H20F3NO3. The molecule has 21 heavy (non-hydrogen) atoms. The third-order valence-electron chi connectivity index (χ3n) is 3.12. The minimum Gasteiger partial charge on any atom is -0.406 e. The number of aliphatic hydroxyl groups excluding tert-OH is 1. The van der Waals surface area contributed by atoms with Crippen LogP contribution >= 0.6 is 0 Å². The number of ether oxygens (including phenoxy) is 2. The van der Waals surface area contributed by atoms with Crippen molar-refractivity contribution < 1.29 is 27.8 Å². The highest BCUT2D eigenvalue weighted by atomic mass is 19.4. The molecule has 4 nitrogen and oxygen atoms in total. The number of benzene rings is 1. The molecule has 0 amide bonds. The van der Waals surface area contributed by atoms with Gasteiger partial charge < -0.3 is 14.6 Å². The topological polar surface area (TPSA) is 41.9 Å². The fourth-order valence-electron chi connectivity index (χ4n) is 1.82. The summed E-state index contributed by atoms with van der Waals surface area (Å²) in [7, 11) is 3.44. The van der Waals surface area contributed by atoms with Gasteiger partial charge in [0.05, 0.1) is 12.7 Å². The molecule has 0 bridgehead atoms. The summed E-state index contributed by atoms with van der Waals surface area (Å²) in [6.07, 6.45) is -5.51. The number of nitrogens with zero attached hydrogens (tertiary/aromatic N) is 1. The van der Waals surface area contributed by atoms with E-state index >= 15 is 0 Å². The molecule has 1 aromatic carbocycles. The molecule has 7 heteroatoms. The fourth-order valence-corrected chi connectivity index (χ4v) is 1.82. The maximum atomic E-state index is 12.0. The summed E-state index contributed by atoms with van der Waals surface area (Å²) >= 11 is 0. The second-order valence-corrected chi connectivity index (χ2v) is 4.88. The van der Waals surface area contributed by atoms with Crippen LogP contribution in [-0.4, -0.2) is 49.7 Å². The van der Waals surface area contributed by atoms with Crippen molar-refractivity contribution in [3.63, 3.8) is 0 Å². The number of alkyl halides is 3. The van der Waals surface area contributed by atoms with Crippen LogP contribution in [0.25, 0.3) is 0 Å². The lowest BCUT2D eigenvalue weighted by molar-refractivity contribution is -0.274. The summed E-state index contributed by atoms with van der Waals surface area (Å²) in [5.74, 6) is -0.306. The molecule has 2 atom stereocenters. The predicted octanol–water partition coefficient (Wildman–Crippen LogP) is 2.59. The van der Waals surface area contributed by atoms with E-state index in [1.54, 1.807) is 7.11 Å². The number of likely N-dealkylation sites (N-methyl/N-ethyl adjacent to an activating group) is 1. The molecule has 0 spiro atoms. The summed E-state index contributed by atoms with van der Waals surface area (Å²) in [6, 6.07) is 5.33. The number of aliphatic hydroxyl groups is 1. The fraction of sp³-hybridized carbons (Fsp3) is 0.571. The minimum atomic E-state index is -4.71. The molecule has 0 aromatic heterocycles. The van der Waals surface area contributed by atoms with Gasteiger partial charge in [-0.05, 0) is 31.7 Å². The number of hydrogen-bond donors (Lipinski definition) is 1. The Bertz CT molecular complexity index is 422. The first kappa shape index (κ1) is 17.7. The van der Waals surface area contributed by atoms with Gasteiger partial charge in [-0.3, -0.25) is 4.90 Å². The Labute approximate surface area is 122 Å². The Morgan fingerprint density at radius 2 is 1.81 bits per heavy atom. The predicted molar refractivity (Wildman–Crippen MR) is 72.1 cm³/mol. The van der Waals surface area contributed by atoms with Crippen LogP contribution in [0, 0.1) is 0 Å². The van der Waals surface area contributed by atoms with Crippen LogP contribution < -0.4 is 4.74 Å². The van der Waals surface area contributed by atoms with Gasteiger partial charge in [-0.1, -0.05) is 12.1 Å². The zero-order valence-electron chi connectivity index (χ0n) is 12.2. The van der Waals surface area contributed by atoms with Crippen molar-refractivity contribution in [2.45, 2.75) is 25.4 Å². The maximum absolute atomic E-state index is 12.0. The lowest BCUT2D eigenvalue weighted by Crippen LogP contribution is -2.35. The van der Waals surface area contributed by atoms with Crippen molar-refractivity contribution >= 4 is 0 Å².